The molecule has 0 bridgehead atoms. The minimum Gasteiger partial charge on any atom is -0.497 e. The van der Waals surface area contributed by atoms with Crippen molar-refractivity contribution in [3.8, 4) is 5.75 Å². The van der Waals surface area contributed by atoms with Crippen molar-refractivity contribution >= 4 is 28.4 Å². The number of rotatable bonds is 10. The van der Waals surface area contributed by atoms with E-state index in [1.807, 2.05) is 59.3 Å². The minimum atomic E-state index is -4.62. The third-order valence-corrected chi connectivity index (χ3v) is 6.75. The van der Waals surface area contributed by atoms with Gasteiger partial charge in [0.25, 0.3) is 0 Å². The van der Waals surface area contributed by atoms with Gasteiger partial charge in [-0.15, -0.1) is 0 Å². The van der Waals surface area contributed by atoms with Crippen LogP contribution in [0.2, 0.25) is 5.02 Å². The number of carbonyl (C=O) groups is 1. The second-order valence-corrected chi connectivity index (χ2v) is 9.32. The predicted molar refractivity (Wildman–Crippen MR) is 142 cm³/mol. The third kappa shape index (κ3) is 6.31. The largest absolute Gasteiger partial charge is 0.497 e. The summed E-state index contributed by atoms with van der Waals surface area (Å²) >= 11 is 5.91. The highest BCUT2D eigenvalue weighted by Gasteiger charge is 2.34. The lowest BCUT2D eigenvalue weighted by Crippen LogP contribution is -2.28. The Morgan fingerprint density at radius 2 is 1.79 bits per heavy atom. The van der Waals surface area contributed by atoms with E-state index in [-0.39, 0.29) is 17.4 Å². The highest BCUT2D eigenvalue weighted by atomic mass is 35.5. The first-order valence-corrected chi connectivity index (χ1v) is 12.4. The second-order valence-electron chi connectivity index (χ2n) is 8.91. The van der Waals surface area contributed by atoms with Crippen LogP contribution in [-0.4, -0.2) is 37.8 Å². The monoisotopic (exact) mass is 544 g/mol. The van der Waals surface area contributed by atoms with Crippen molar-refractivity contribution < 1.29 is 27.4 Å². The zero-order chi connectivity index (χ0) is 27.3. The summed E-state index contributed by atoms with van der Waals surface area (Å²) in [6.07, 6.45) is -2.75. The van der Waals surface area contributed by atoms with Gasteiger partial charge in [-0.05, 0) is 47.0 Å². The lowest BCUT2D eigenvalue weighted by molar-refractivity contribution is -0.137. The number of ether oxygens (including phenoxy) is 2. The zero-order valence-corrected chi connectivity index (χ0v) is 21.8. The molecule has 0 fully saturated rings. The molecule has 1 N–H and O–H groups in total. The van der Waals surface area contributed by atoms with Crippen LogP contribution in [0.1, 0.15) is 34.6 Å². The van der Waals surface area contributed by atoms with Crippen LogP contribution in [0.5, 0.6) is 5.75 Å². The van der Waals surface area contributed by atoms with E-state index in [2.05, 4.69) is 5.32 Å². The Morgan fingerprint density at radius 1 is 1.05 bits per heavy atom. The Morgan fingerprint density at radius 3 is 2.47 bits per heavy atom. The topological polar surface area (TPSA) is 52.5 Å². The maximum absolute atomic E-state index is 13.7. The number of benzene rings is 3. The highest BCUT2D eigenvalue weighted by molar-refractivity contribution is 6.31. The Balaban J connectivity index is 1.79. The lowest BCUT2D eigenvalue weighted by Gasteiger charge is -2.19. The van der Waals surface area contributed by atoms with Gasteiger partial charge in [-0.2, -0.15) is 13.2 Å². The summed E-state index contributed by atoms with van der Waals surface area (Å²) in [6, 6.07) is 19.2. The SMILES string of the molecule is COCCNC(=O)C[C@@H](c1ccc(Cl)c(C(F)(F)F)c1)c1cn(Cc2ccc(OC)cc2)c2ccccc12. The van der Waals surface area contributed by atoms with E-state index in [1.165, 1.54) is 13.2 Å². The van der Waals surface area contributed by atoms with Gasteiger partial charge in [0.05, 0.1) is 24.3 Å². The molecule has 0 saturated heterocycles. The molecule has 0 radical (unpaired) electrons. The van der Waals surface area contributed by atoms with Crippen LogP contribution in [0.15, 0.2) is 72.9 Å². The first-order valence-electron chi connectivity index (χ1n) is 12.0. The van der Waals surface area contributed by atoms with Crippen LogP contribution in [0.25, 0.3) is 10.9 Å². The van der Waals surface area contributed by atoms with E-state index in [0.29, 0.717) is 25.3 Å². The molecular weight excluding hydrogens is 517 g/mol. The first-order chi connectivity index (χ1) is 18.2. The summed E-state index contributed by atoms with van der Waals surface area (Å²) in [5, 5.41) is 3.26. The van der Waals surface area contributed by atoms with Gasteiger partial charge in [0.2, 0.25) is 5.91 Å². The molecule has 0 aliphatic carbocycles. The molecule has 0 aliphatic heterocycles. The Bertz CT molecular complexity index is 1400. The van der Waals surface area contributed by atoms with Crippen LogP contribution in [-0.2, 0) is 22.3 Å². The molecule has 1 amide bonds. The van der Waals surface area contributed by atoms with Gasteiger partial charge in [-0.3, -0.25) is 4.79 Å². The van der Waals surface area contributed by atoms with Crippen molar-refractivity contribution in [2.75, 3.05) is 27.4 Å². The number of amides is 1. The second kappa shape index (κ2) is 11.9. The number of methoxy groups -OCH3 is 2. The van der Waals surface area contributed by atoms with Gasteiger partial charge in [-0.1, -0.05) is 48.0 Å². The van der Waals surface area contributed by atoms with Crippen LogP contribution in [0.4, 0.5) is 13.2 Å². The fourth-order valence-electron chi connectivity index (χ4n) is 4.55. The molecule has 4 rings (SSSR count). The third-order valence-electron chi connectivity index (χ3n) is 6.42. The number of aromatic nitrogens is 1. The van der Waals surface area contributed by atoms with E-state index in [1.54, 1.807) is 13.2 Å². The van der Waals surface area contributed by atoms with Crippen LogP contribution < -0.4 is 10.1 Å². The van der Waals surface area contributed by atoms with Crippen LogP contribution in [0, 0.1) is 0 Å². The van der Waals surface area contributed by atoms with E-state index >= 15 is 0 Å². The maximum atomic E-state index is 13.7. The Hall–Kier alpha value is -3.49. The highest BCUT2D eigenvalue weighted by Crippen LogP contribution is 2.40. The molecule has 1 aromatic heterocycles. The number of para-hydroxylation sites is 1. The zero-order valence-electron chi connectivity index (χ0n) is 21.0. The number of fused-ring (bicyclic) bond motifs is 1. The number of halogens is 4. The number of alkyl halides is 3. The van der Waals surface area contributed by atoms with Crippen molar-refractivity contribution in [1.82, 2.24) is 9.88 Å². The summed E-state index contributed by atoms with van der Waals surface area (Å²) in [4.78, 5) is 12.9. The fourth-order valence-corrected chi connectivity index (χ4v) is 4.77. The smallest absolute Gasteiger partial charge is 0.417 e. The number of hydrogen-bond acceptors (Lipinski definition) is 3. The molecule has 5 nitrogen and oxygen atoms in total. The van der Waals surface area contributed by atoms with Gasteiger partial charge in [0.1, 0.15) is 5.75 Å². The Labute approximate surface area is 224 Å². The predicted octanol–water partition coefficient (Wildman–Crippen LogP) is 6.66. The molecule has 0 aliphatic rings. The van der Waals surface area contributed by atoms with Gasteiger partial charge in [0.15, 0.2) is 0 Å². The van der Waals surface area contributed by atoms with Crippen molar-refractivity contribution in [1.29, 1.82) is 0 Å². The minimum absolute atomic E-state index is 0.0425. The summed E-state index contributed by atoms with van der Waals surface area (Å²) in [6.45, 7) is 1.16. The maximum Gasteiger partial charge on any atom is 0.417 e. The van der Waals surface area contributed by atoms with Crippen LogP contribution >= 0.6 is 11.6 Å². The summed E-state index contributed by atoms with van der Waals surface area (Å²) < 4.78 is 53.5. The average Bonchev–Trinajstić information content (AvgIpc) is 3.25. The molecule has 1 heterocycles. The van der Waals surface area contributed by atoms with Gasteiger partial charge >= 0.3 is 6.18 Å². The number of nitrogens with zero attached hydrogens (tertiary/aromatic N) is 1. The van der Waals surface area contributed by atoms with Gasteiger partial charge < -0.3 is 19.4 Å². The summed E-state index contributed by atoms with van der Waals surface area (Å²) in [5.41, 5.74) is 2.12. The van der Waals surface area contributed by atoms with Gasteiger partial charge in [-0.25, -0.2) is 0 Å². The quantitative estimate of drug-likeness (QED) is 0.227. The van der Waals surface area contributed by atoms with Crippen molar-refractivity contribution in [3.63, 3.8) is 0 Å². The van der Waals surface area contributed by atoms with Crippen molar-refractivity contribution in [2.45, 2.75) is 25.1 Å². The van der Waals surface area contributed by atoms with E-state index in [4.69, 9.17) is 21.1 Å². The molecule has 4 aromatic rings. The first kappa shape index (κ1) is 27.5. The van der Waals surface area contributed by atoms with Gasteiger partial charge in [0, 0.05) is 49.6 Å². The number of hydrogen-bond donors (Lipinski definition) is 1. The lowest BCUT2D eigenvalue weighted by atomic mass is 9.87. The molecule has 0 unspecified atom stereocenters. The summed E-state index contributed by atoms with van der Waals surface area (Å²) in [7, 11) is 3.13. The van der Waals surface area contributed by atoms with Crippen molar-refractivity contribution in [3.05, 3.63) is 100 Å². The molecule has 9 heteroatoms. The summed E-state index contributed by atoms with van der Waals surface area (Å²) in [5.74, 6) is -0.185. The number of carbonyl (C=O) groups excluding carboxylic acids is 1. The molecule has 200 valence electrons. The number of nitrogens with one attached hydrogen (secondary N) is 1. The average molecular weight is 545 g/mol. The Kier molecular flexibility index (Phi) is 8.64. The molecule has 0 spiro atoms. The van der Waals surface area contributed by atoms with E-state index in [9.17, 15) is 18.0 Å². The van der Waals surface area contributed by atoms with Crippen molar-refractivity contribution in [2.24, 2.45) is 0 Å². The molecule has 3 aromatic carbocycles. The molecule has 38 heavy (non-hydrogen) atoms. The normalized spacial score (nSPS) is 12.5. The van der Waals surface area contributed by atoms with E-state index in [0.717, 1.165) is 33.8 Å². The standard InChI is InChI=1S/C29H28ClF3N2O3/c1-37-14-13-34-28(36)16-23(20-9-12-26(30)25(15-20)29(31,32)33)24-18-35(27-6-4-3-5-22(24)27)17-19-7-10-21(38-2)11-8-19/h3-12,15,18,23H,13-14,16-17H2,1-2H3,(H,34,36)/t23-/m0/s1. The van der Waals surface area contributed by atoms with E-state index < -0.39 is 17.7 Å². The van der Waals surface area contributed by atoms with Crippen LogP contribution in [0.3, 0.4) is 0 Å². The molecular formula is C29H28ClF3N2O3. The fraction of sp³-hybridized carbons (Fsp3) is 0.276. The molecule has 0 saturated carbocycles. The molecule has 1 atom stereocenters.